The molecule has 0 amide bonds. The zero-order valence-corrected chi connectivity index (χ0v) is 28.2. The Morgan fingerprint density at radius 1 is 0.596 bits per heavy atom. The van der Waals surface area contributed by atoms with Gasteiger partial charge in [-0.3, -0.25) is 0 Å². The first-order chi connectivity index (χ1) is 22.8. The number of rotatable bonds is 6. The van der Waals surface area contributed by atoms with Crippen LogP contribution in [-0.2, 0) is 18.3 Å². The number of anilines is 3. The highest BCUT2D eigenvalue weighted by Crippen LogP contribution is 2.53. The largest absolute Gasteiger partial charge is 0.310 e. The Morgan fingerprint density at radius 2 is 1.30 bits per heavy atom. The summed E-state index contributed by atoms with van der Waals surface area (Å²) in [5.74, 6) is 1.11. The molecular weight excluding hydrogens is 567 g/mol. The summed E-state index contributed by atoms with van der Waals surface area (Å²) >= 11 is 0. The van der Waals surface area contributed by atoms with Gasteiger partial charge in [-0.15, -0.1) is 0 Å². The Morgan fingerprint density at radius 3 is 2.06 bits per heavy atom. The van der Waals surface area contributed by atoms with E-state index in [9.17, 15) is 0 Å². The fourth-order valence-electron chi connectivity index (χ4n) is 8.20. The van der Waals surface area contributed by atoms with Crippen LogP contribution in [-0.4, -0.2) is 0 Å². The van der Waals surface area contributed by atoms with Gasteiger partial charge < -0.3 is 4.90 Å². The van der Waals surface area contributed by atoms with E-state index in [0.29, 0.717) is 11.8 Å². The van der Waals surface area contributed by atoms with Gasteiger partial charge in [0.05, 0.1) is 0 Å². The SMILES string of the molecule is Cc1cccc(N(c2ccccc2)c2ccc(Cc3ccc4c(c3)-c3cc5c(cc3C(C(C)C)C4)C(C)(C)c3ccccc3-5)cc2)c1. The van der Waals surface area contributed by atoms with E-state index in [1.807, 2.05) is 0 Å². The summed E-state index contributed by atoms with van der Waals surface area (Å²) < 4.78 is 0. The molecule has 0 N–H and O–H groups in total. The molecule has 2 aliphatic rings. The number of hydrogen-bond acceptors (Lipinski definition) is 1. The average Bonchev–Trinajstić information content (AvgIpc) is 3.30. The van der Waals surface area contributed by atoms with E-state index < -0.39 is 0 Å². The molecular formula is C46H43N. The Balaban J connectivity index is 1.15. The van der Waals surface area contributed by atoms with Gasteiger partial charge in [0, 0.05) is 22.5 Å². The molecule has 47 heavy (non-hydrogen) atoms. The lowest BCUT2D eigenvalue weighted by Crippen LogP contribution is -2.19. The smallest absolute Gasteiger partial charge is 0.0464 e. The third kappa shape index (κ3) is 5.10. The standard InChI is InChI=1S/C46H43N/c1-30(2)39-27-34-21-18-33(26-40(34)41-28-43-38-16-9-10-17-44(38)46(4,5)45(43)29-42(39)41)25-32-19-22-36(23-20-32)47(35-13-7-6-8-14-35)37-15-11-12-31(3)24-37/h6-24,26,28-30,39H,25,27H2,1-5H3. The molecule has 0 bridgehead atoms. The van der Waals surface area contributed by atoms with Crippen LogP contribution < -0.4 is 4.90 Å². The molecule has 0 aliphatic heterocycles. The third-order valence-corrected chi connectivity index (χ3v) is 10.7. The Bertz CT molecular complexity index is 2100. The van der Waals surface area contributed by atoms with Crippen molar-refractivity contribution in [3.63, 3.8) is 0 Å². The maximum atomic E-state index is 2.58. The van der Waals surface area contributed by atoms with Crippen molar-refractivity contribution in [1.82, 2.24) is 0 Å². The number of benzene rings is 6. The van der Waals surface area contributed by atoms with Crippen LogP contribution in [0.4, 0.5) is 17.1 Å². The lowest BCUT2D eigenvalue weighted by atomic mass is 9.71. The molecule has 0 radical (unpaired) electrons. The second-order valence-electron chi connectivity index (χ2n) is 14.6. The topological polar surface area (TPSA) is 3.24 Å². The summed E-state index contributed by atoms with van der Waals surface area (Å²) in [6.45, 7) is 11.7. The first-order valence-electron chi connectivity index (χ1n) is 17.2. The van der Waals surface area contributed by atoms with Crippen molar-refractivity contribution < 1.29 is 0 Å². The number of hydrogen-bond donors (Lipinski definition) is 0. The predicted molar refractivity (Wildman–Crippen MR) is 199 cm³/mol. The summed E-state index contributed by atoms with van der Waals surface area (Å²) in [4.78, 5) is 2.34. The maximum Gasteiger partial charge on any atom is 0.0464 e. The molecule has 2 aliphatic carbocycles. The van der Waals surface area contributed by atoms with Gasteiger partial charge in [0.25, 0.3) is 0 Å². The van der Waals surface area contributed by atoms with Crippen LogP contribution >= 0.6 is 0 Å². The molecule has 0 aromatic heterocycles. The quantitative estimate of drug-likeness (QED) is 0.182. The molecule has 1 unspecified atom stereocenters. The second-order valence-corrected chi connectivity index (χ2v) is 14.6. The molecule has 0 fully saturated rings. The zero-order valence-electron chi connectivity index (χ0n) is 28.2. The lowest BCUT2D eigenvalue weighted by Gasteiger charge is -2.33. The van der Waals surface area contributed by atoms with Gasteiger partial charge in [0.2, 0.25) is 0 Å². The van der Waals surface area contributed by atoms with E-state index >= 15 is 0 Å². The van der Waals surface area contributed by atoms with Crippen molar-refractivity contribution in [2.75, 3.05) is 4.90 Å². The van der Waals surface area contributed by atoms with Gasteiger partial charge >= 0.3 is 0 Å². The Kier molecular flexibility index (Phi) is 7.17. The van der Waals surface area contributed by atoms with Crippen LogP contribution in [0.2, 0.25) is 0 Å². The van der Waals surface area contributed by atoms with E-state index in [1.54, 1.807) is 0 Å². The number of fused-ring (bicyclic) bond motifs is 6. The van der Waals surface area contributed by atoms with Crippen LogP contribution in [0.1, 0.15) is 72.6 Å². The third-order valence-electron chi connectivity index (χ3n) is 10.7. The first kappa shape index (κ1) is 29.5. The first-order valence-corrected chi connectivity index (χ1v) is 17.2. The van der Waals surface area contributed by atoms with Crippen LogP contribution in [0.3, 0.4) is 0 Å². The number of para-hydroxylation sites is 1. The predicted octanol–water partition coefficient (Wildman–Crippen LogP) is 12.3. The highest BCUT2D eigenvalue weighted by molar-refractivity contribution is 5.87. The van der Waals surface area contributed by atoms with E-state index in [4.69, 9.17) is 0 Å². The van der Waals surface area contributed by atoms with Crippen LogP contribution in [0.25, 0.3) is 22.3 Å². The molecule has 1 heteroatoms. The minimum absolute atomic E-state index is 0.0200. The molecule has 8 rings (SSSR count). The highest BCUT2D eigenvalue weighted by atomic mass is 15.1. The van der Waals surface area contributed by atoms with Gasteiger partial charge in [0.15, 0.2) is 0 Å². The molecule has 6 aromatic rings. The summed E-state index contributed by atoms with van der Waals surface area (Å²) in [5, 5.41) is 0. The number of nitrogens with zero attached hydrogens (tertiary/aromatic N) is 1. The summed E-state index contributed by atoms with van der Waals surface area (Å²) in [6, 6.07) is 50.0. The number of aryl methyl sites for hydroxylation is 1. The molecule has 0 saturated heterocycles. The van der Waals surface area contributed by atoms with Gasteiger partial charge in [0.1, 0.15) is 0 Å². The second kappa shape index (κ2) is 11.4. The molecule has 0 spiro atoms. The van der Waals surface area contributed by atoms with Gasteiger partial charge in [-0.05, 0) is 135 Å². The summed E-state index contributed by atoms with van der Waals surface area (Å²) in [5.41, 5.74) is 19.1. The average molecular weight is 610 g/mol. The highest BCUT2D eigenvalue weighted by Gasteiger charge is 2.38. The van der Waals surface area contributed by atoms with Crippen molar-refractivity contribution in [2.45, 2.75) is 58.8 Å². The monoisotopic (exact) mass is 609 g/mol. The van der Waals surface area contributed by atoms with E-state index in [-0.39, 0.29) is 5.41 Å². The summed E-state index contributed by atoms with van der Waals surface area (Å²) in [7, 11) is 0. The molecule has 6 aromatic carbocycles. The Labute approximate surface area is 280 Å². The minimum atomic E-state index is 0.0200. The molecule has 1 nitrogen and oxygen atoms in total. The van der Waals surface area contributed by atoms with Gasteiger partial charge in [-0.25, -0.2) is 0 Å². The minimum Gasteiger partial charge on any atom is -0.310 e. The van der Waals surface area contributed by atoms with Gasteiger partial charge in [-0.2, -0.15) is 0 Å². The Hall–Kier alpha value is -4.88. The van der Waals surface area contributed by atoms with Gasteiger partial charge in [-0.1, -0.05) is 119 Å². The van der Waals surface area contributed by atoms with E-state index in [0.717, 1.165) is 18.5 Å². The van der Waals surface area contributed by atoms with E-state index in [1.165, 1.54) is 72.6 Å². The lowest BCUT2D eigenvalue weighted by molar-refractivity contribution is 0.491. The maximum absolute atomic E-state index is 2.58. The van der Waals surface area contributed by atoms with Crippen molar-refractivity contribution >= 4 is 17.1 Å². The zero-order chi connectivity index (χ0) is 32.3. The normalized spacial score (nSPS) is 15.5. The van der Waals surface area contributed by atoms with Crippen LogP contribution in [0.15, 0.2) is 133 Å². The van der Waals surface area contributed by atoms with Crippen molar-refractivity contribution in [3.8, 4) is 22.3 Å². The van der Waals surface area contributed by atoms with Crippen molar-refractivity contribution in [3.05, 3.63) is 172 Å². The van der Waals surface area contributed by atoms with Crippen LogP contribution in [0, 0.1) is 12.8 Å². The van der Waals surface area contributed by atoms with Crippen LogP contribution in [0.5, 0.6) is 0 Å². The molecule has 1 atom stereocenters. The molecule has 0 heterocycles. The van der Waals surface area contributed by atoms with Crippen molar-refractivity contribution in [2.24, 2.45) is 5.92 Å². The van der Waals surface area contributed by atoms with E-state index in [2.05, 4.69) is 173 Å². The molecule has 232 valence electrons. The fraction of sp³-hybridized carbons (Fsp3) is 0.217. The van der Waals surface area contributed by atoms with Crippen molar-refractivity contribution in [1.29, 1.82) is 0 Å². The summed E-state index contributed by atoms with van der Waals surface area (Å²) in [6.07, 6.45) is 2.02. The fourth-order valence-corrected chi connectivity index (χ4v) is 8.20. The molecule has 0 saturated carbocycles.